The lowest BCUT2D eigenvalue weighted by Gasteiger charge is -2.11. The molecular formula is C12H12Br2N2O2. The third kappa shape index (κ3) is 2.81. The number of benzene rings is 1. The average molecular weight is 376 g/mol. The van der Waals surface area contributed by atoms with E-state index in [0.717, 1.165) is 14.5 Å². The van der Waals surface area contributed by atoms with Crippen LogP contribution in [0.3, 0.4) is 0 Å². The van der Waals surface area contributed by atoms with Gasteiger partial charge in [-0.15, -0.1) is 0 Å². The molecule has 0 radical (unpaired) electrons. The molecule has 6 heteroatoms. The third-order valence-electron chi connectivity index (χ3n) is 2.92. The van der Waals surface area contributed by atoms with Gasteiger partial charge < -0.3 is 5.32 Å². The maximum absolute atomic E-state index is 11.7. The van der Waals surface area contributed by atoms with Gasteiger partial charge in [-0.2, -0.15) is 0 Å². The van der Waals surface area contributed by atoms with Crippen LogP contribution in [-0.2, 0) is 16.1 Å². The van der Waals surface area contributed by atoms with E-state index in [-0.39, 0.29) is 18.2 Å². The number of nitrogens with one attached hydrogen (secondary N) is 1. The van der Waals surface area contributed by atoms with E-state index in [2.05, 4.69) is 37.2 Å². The first-order valence-electron chi connectivity index (χ1n) is 5.46. The van der Waals surface area contributed by atoms with Crippen LogP contribution in [0.1, 0.15) is 12.0 Å². The molecule has 1 N–H and O–H groups in total. The van der Waals surface area contributed by atoms with Crippen LogP contribution in [0.5, 0.6) is 0 Å². The standard InChI is InChI=1S/C12H12Br2N2O2/c1-16-11(17)5-10(12(16)18)15-6-7-2-3-8(13)9(14)4-7/h2-4,10,15H,5-6H2,1H3. The highest BCUT2D eigenvalue weighted by atomic mass is 79.9. The molecule has 2 amide bonds. The Labute approximate surface area is 122 Å². The molecule has 0 bridgehead atoms. The Hall–Kier alpha value is -0.720. The van der Waals surface area contributed by atoms with E-state index in [1.165, 1.54) is 11.9 Å². The number of likely N-dealkylation sites (tertiary alicyclic amines) is 1. The van der Waals surface area contributed by atoms with Gasteiger partial charge in [0.1, 0.15) is 0 Å². The Morgan fingerprint density at radius 3 is 2.61 bits per heavy atom. The number of carbonyl (C=O) groups excluding carboxylic acids is 2. The zero-order valence-corrected chi connectivity index (χ0v) is 12.9. The number of amides is 2. The summed E-state index contributed by atoms with van der Waals surface area (Å²) in [5.74, 6) is -0.286. The molecule has 1 aromatic rings. The zero-order valence-electron chi connectivity index (χ0n) is 9.74. The Morgan fingerprint density at radius 1 is 1.33 bits per heavy atom. The highest BCUT2D eigenvalue weighted by Crippen LogP contribution is 2.24. The molecule has 1 aliphatic rings. The van der Waals surface area contributed by atoms with Gasteiger partial charge >= 0.3 is 0 Å². The smallest absolute Gasteiger partial charge is 0.246 e. The van der Waals surface area contributed by atoms with Crippen LogP contribution in [0.25, 0.3) is 0 Å². The van der Waals surface area contributed by atoms with E-state index in [0.29, 0.717) is 6.54 Å². The number of carbonyl (C=O) groups is 2. The Balaban J connectivity index is 1.98. The number of likely N-dealkylation sites (N-methyl/N-ethyl adjacent to an activating group) is 1. The first-order chi connectivity index (χ1) is 8.49. The summed E-state index contributed by atoms with van der Waals surface area (Å²) in [6, 6.07) is 5.48. The lowest BCUT2D eigenvalue weighted by atomic mass is 10.2. The fourth-order valence-corrected chi connectivity index (χ4v) is 2.48. The largest absolute Gasteiger partial charge is 0.301 e. The summed E-state index contributed by atoms with van der Waals surface area (Å²) in [5, 5.41) is 3.11. The van der Waals surface area contributed by atoms with Gasteiger partial charge in [0, 0.05) is 22.5 Å². The number of imide groups is 1. The SMILES string of the molecule is CN1C(=O)CC(NCc2ccc(Br)c(Br)c2)C1=O. The van der Waals surface area contributed by atoms with Gasteiger partial charge in [0.2, 0.25) is 11.8 Å². The van der Waals surface area contributed by atoms with Crippen molar-refractivity contribution in [2.75, 3.05) is 7.05 Å². The van der Waals surface area contributed by atoms with Gasteiger partial charge in [-0.05, 0) is 49.6 Å². The predicted octanol–water partition coefficient (Wildman–Crippen LogP) is 2.06. The molecule has 1 unspecified atom stereocenters. The average Bonchev–Trinajstić information content (AvgIpc) is 2.58. The molecule has 0 aliphatic carbocycles. The molecule has 96 valence electrons. The van der Waals surface area contributed by atoms with Gasteiger partial charge in [0.15, 0.2) is 0 Å². The Bertz CT molecular complexity index is 505. The lowest BCUT2D eigenvalue weighted by molar-refractivity contribution is -0.137. The number of rotatable bonds is 3. The van der Waals surface area contributed by atoms with E-state index >= 15 is 0 Å². The number of hydrogen-bond donors (Lipinski definition) is 1. The van der Waals surface area contributed by atoms with Gasteiger partial charge in [0.05, 0.1) is 12.5 Å². The molecular weight excluding hydrogens is 364 g/mol. The zero-order chi connectivity index (χ0) is 13.3. The molecule has 2 rings (SSSR count). The fourth-order valence-electron chi connectivity index (χ4n) is 1.81. The number of hydrogen-bond acceptors (Lipinski definition) is 3. The summed E-state index contributed by atoms with van der Waals surface area (Å²) < 4.78 is 1.95. The van der Waals surface area contributed by atoms with Crippen LogP contribution >= 0.6 is 31.9 Å². The monoisotopic (exact) mass is 374 g/mol. The summed E-state index contributed by atoms with van der Waals surface area (Å²) >= 11 is 6.83. The minimum atomic E-state index is -0.398. The second-order valence-corrected chi connectivity index (χ2v) is 5.89. The Kier molecular flexibility index (Phi) is 4.19. The van der Waals surface area contributed by atoms with Crippen molar-refractivity contribution in [3.8, 4) is 0 Å². The van der Waals surface area contributed by atoms with Gasteiger partial charge in [0.25, 0.3) is 0 Å². The summed E-state index contributed by atoms with van der Waals surface area (Å²) in [7, 11) is 1.52. The predicted molar refractivity (Wildman–Crippen MR) is 74.9 cm³/mol. The first-order valence-corrected chi connectivity index (χ1v) is 7.05. The van der Waals surface area contributed by atoms with E-state index < -0.39 is 6.04 Å². The normalized spacial score (nSPS) is 19.7. The summed E-state index contributed by atoms with van der Waals surface area (Å²) in [6.07, 6.45) is 0.243. The van der Waals surface area contributed by atoms with Crippen LogP contribution in [0.15, 0.2) is 27.1 Å². The second-order valence-electron chi connectivity index (χ2n) is 4.18. The number of halogens is 2. The van der Waals surface area contributed by atoms with Gasteiger partial charge in [-0.3, -0.25) is 14.5 Å². The minimum absolute atomic E-state index is 0.130. The topological polar surface area (TPSA) is 49.4 Å². The van der Waals surface area contributed by atoms with E-state index in [9.17, 15) is 9.59 Å². The summed E-state index contributed by atoms with van der Waals surface area (Å²) in [5.41, 5.74) is 1.06. The molecule has 1 atom stereocenters. The van der Waals surface area contributed by atoms with E-state index in [4.69, 9.17) is 0 Å². The van der Waals surface area contributed by atoms with Crippen LogP contribution in [-0.4, -0.2) is 29.8 Å². The highest BCUT2D eigenvalue weighted by Gasteiger charge is 2.35. The van der Waals surface area contributed by atoms with Crippen molar-refractivity contribution in [2.24, 2.45) is 0 Å². The third-order valence-corrected chi connectivity index (χ3v) is 4.80. The van der Waals surface area contributed by atoms with E-state index in [1.54, 1.807) is 0 Å². The van der Waals surface area contributed by atoms with Crippen molar-refractivity contribution < 1.29 is 9.59 Å². The molecule has 1 aliphatic heterocycles. The first kappa shape index (κ1) is 13.7. The minimum Gasteiger partial charge on any atom is -0.301 e. The molecule has 4 nitrogen and oxygen atoms in total. The van der Waals surface area contributed by atoms with Crippen molar-refractivity contribution in [3.63, 3.8) is 0 Å². The quantitative estimate of drug-likeness (QED) is 0.822. The molecule has 18 heavy (non-hydrogen) atoms. The van der Waals surface area contributed by atoms with Crippen LogP contribution in [0.2, 0.25) is 0 Å². The Morgan fingerprint density at radius 2 is 2.06 bits per heavy atom. The van der Waals surface area contributed by atoms with Crippen molar-refractivity contribution in [2.45, 2.75) is 19.0 Å². The van der Waals surface area contributed by atoms with E-state index in [1.807, 2.05) is 18.2 Å². The van der Waals surface area contributed by atoms with Gasteiger partial charge in [-0.1, -0.05) is 6.07 Å². The maximum atomic E-state index is 11.7. The van der Waals surface area contributed by atoms with Crippen molar-refractivity contribution >= 4 is 43.7 Å². The molecule has 0 spiro atoms. The van der Waals surface area contributed by atoms with Crippen molar-refractivity contribution in [1.29, 1.82) is 0 Å². The molecule has 1 heterocycles. The molecule has 1 fully saturated rings. The maximum Gasteiger partial charge on any atom is 0.246 e. The fraction of sp³-hybridized carbons (Fsp3) is 0.333. The van der Waals surface area contributed by atoms with Crippen LogP contribution in [0, 0.1) is 0 Å². The van der Waals surface area contributed by atoms with Crippen molar-refractivity contribution in [3.05, 3.63) is 32.7 Å². The summed E-state index contributed by atoms with van der Waals surface area (Å²) in [4.78, 5) is 24.2. The van der Waals surface area contributed by atoms with Crippen LogP contribution < -0.4 is 5.32 Å². The highest BCUT2D eigenvalue weighted by molar-refractivity contribution is 9.13. The number of nitrogens with zero attached hydrogens (tertiary/aromatic N) is 1. The summed E-state index contributed by atoms with van der Waals surface area (Å²) in [6.45, 7) is 0.559. The van der Waals surface area contributed by atoms with Crippen molar-refractivity contribution in [1.82, 2.24) is 10.2 Å². The second kappa shape index (κ2) is 5.50. The molecule has 1 saturated heterocycles. The molecule has 0 aromatic heterocycles. The lowest BCUT2D eigenvalue weighted by Crippen LogP contribution is -2.36. The molecule has 1 aromatic carbocycles. The molecule has 0 saturated carbocycles. The van der Waals surface area contributed by atoms with Crippen LogP contribution in [0.4, 0.5) is 0 Å². The van der Waals surface area contributed by atoms with Gasteiger partial charge in [-0.25, -0.2) is 0 Å².